The fourth-order valence-electron chi connectivity index (χ4n) is 3.34. The molecule has 8 heteroatoms. The van der Waals surface area contributed by atoms with Gasteiger partial charge in [0.2, 0.25) is 0 Å². The summed E-state index contributed by atoms with van der Waals surface area (Å²) in [7, 11) is 1.55. The molecule has 37 heavy (non-hydrogen) atoms. The van der Waals surface area contributed by atoms with Gasteiger partial charge in [0.1, 0.15) is 29.6 Å². The molecular formula is C29H25FN2O4S. The maximum Gasteiger partial charge on any atom is 0.268 e. The van der Waals surface area contributed by atoms with Crippen molar-refractivity contribution in [3.05, 3.63) is 123 Å². The van der Waals surface area contributed by atoms with Gasteiger partial charge in [-0.1, -0.05) is 30.3 Å². The molecule has 0 aliphatic carbocycles. The Balaban J connectivity index is 1.36. The van der Waals surface area contributed by atoms with Crippen LogP contribution in [0.25, 0.3) is 6.08 Å². The lowest BCUT2D eigenvalue weighted by atomic mass is 10.2. The molecule has 0 fully saturated rings. The summed E-state index contributed by atoms with van der Waals surface area (Å²) in [6.07, 6.45) is 1.65. The molecule has 6 nitrogen and oxygen atoms in total. The van der Waals surface area contributed by atoms with Gasteiger partial charge in [0.05, 0.1) is 7.11 Å². The fourth-order valence-corrected chi connectivity index (χ4v) is 4.00. The monoisotopic (exact) mass is 516 g/mol. The predicted octanol–water partition coefficient (Wildman–Crippen LogP) is 5.56. The van der Waals surface area contributed by atoms with Gasteiger partial charge in [-0.25, -0.2) is 4.39 Å². The van der Waals surface area contributed by atoms with E-state index in [4.69, 9.17) is 9.47 Å². The molecule has 2 N–H and O–H groups in total. The highest BCUT2D eigenvalue weighted by Gasteiger charge is 2.15. The smallest absolute Gasteiger partial charge is 0.268 e. The van der Waals surface area contributed by atoms with Crippen molar-refractivity contribution in [3.63, 3.8) is 0 Å². The number of nitrogens with one attached hydrogen (secondary N) is 2. The number of amides is 2. The highest BCUT2D eigenvalue weighted by Crippen LogP contribution is 2.17. The minimum Gasteiger partial charge on any atom is -0.497 e. The molecule has 0 spiro atoms. The molecule has 0 unspecified atom stereocenters. The molecule has 3 aromatic carbocycles. The van der Waals surface area contributed by atoms with Crippen LogP contribution in [0.4, 0.5) is 4.39 Å². The van der Waals surface area contributed by atoms with Gasteiger partial charge >= 0.3 is 0 Å². The maximum atomic E-state index is 13.0. The van der Waals surface area contributed by atoms with Crippen molar-refractivity contribution in [2.75, 3.05) is 7.11 Å². The highest BCUT2D eigenvalue weighted by molar-refractivity contribution is 7.10. The van der Waals surface area contributed by atoms with Crippen molar-refractivity contribution < 1.29 is 23.5 Å². The fraction of sp³-hybridized carbons (Fsp3) is 0.103. The van der Waals surface area contributed by atoms with Crippen LogP contribution in [0.5, 0.6) is 11.5 Å². The molecule has 0 bridgehead atoms. The normalized spacial score (nSPS) is 11.0. The molecule has 0 aliphatic rings. The van der Waals surface area contributed by atoms with Gasteiger partial charge in [0.25, 0.3) is 11.8 Å². The summed E-state index contributed by atoms with van der Waals surface area (Å²) < 4.78 is 23.9. The van der Waals surface area contributed by atoms with Crippen LogP contribution in [-0.2, 0) is 17.9 Å². The van der Waals surface area contributed by atoms with Gasteiger partial charge < -0.3 is 20.1 Å². The van der Waals surface area contributed by atoms with Gasteiger partial charge in [-0.2, -0.15) is 0 Å². The van der Waals surface area contributed by atoms with E-state index in [2.05, 4.69) is 10.6 Å². The number of hydrogen-bond acceptors (Lipinski definition) is 5. The summed E-state index contributed by atoms with van der Waals surface area (Å²) in [4.78, 5) is 26.6. The maximum absolute atomic E-state index is 13.0. The predicted molar refractivity (Wildman–Crippen MR) is 142 cm³/mol. The number of rotatable bonds is 10. The molecule has 0 aliphatic heterocycles. The quantitative estimate of drug-likeness (QED) is 0.271. The van der Waals surface area contributed by atoms with E-state index in [-0.39, 0.29) is 18.1 Å². The first-order chi connectivity index (χ1) is 18.0. The van der Waals surface area contributed by atoms with Crippen LogP contribution in [0.1, 0.15) is 26.4 Å². The van der Waals surface area contributed by atoms with Gasteiger partial charge in [-0.05, 0) is 77.2 Å². The van der Waals surface area contributed by atoms with Crippen molar-refractivity contribution in [1.29, 1.82) is 0 Å². The van der Waals surface area contributed by atoms with Crippen LogP contribution in [0.15, 0.2) is 96.0 Å². The molecule has 1 heterocycles. The number of thiophene rings is 1. The van der Waals surface area contributed by atoms with E-state index >= 15 is 0 Å². The summed E-state index contributed by atoms with van der Waals surface area (Å²) >= 11 is 1.46. The Morgan fingerprint density at radius 2 is 1.57 bits per heavy atom. The van der Waals surface area contributed by atoms with E-state index in [0.717, 1.165) is 16.0 Å². The third kappa shape index (κ3) is 7.52. The van der Waals surface area contributed by atoms with Crippen molar-refractivity contribution in [2.45, 2.75) is 13.2 Å². The van der Waals surface area contributed by atoms with Crippen molar-refractivity contribution in [1.82, 2.24) is 10.6 Å². The summed E-state index contributed by atoms with van der Waals surface area (Å²) in [6, 6.07) is 23.8. The number of methoxy groups -OCH3 is 1. The number of carbonyl (C=O) groups is 2. The number of halogens is 1. The van der Waals surface area contributed by atoms with Crippen LogP contribution >= 0.6 is 11.3 Å². The summed E-state index contributed by atoms with van der Waals surface area (Å²) in [5.41, 5.74) is 2.27. The molecule has 4 aromatic rings. The zero-order valence-corrected chi connectivity index (χ0v) is 20.9. The van der Waals surface area contributed by atoms with Crippen molar-refractivity contribution in [3.8, 4) is 11.5 Å². The Bertz CT molecular complexity index is 1350. The molecule has 0 saturated carbocycles. The van der Waals surface area contributed by atoms with E-state index in [0.29, 0.717) is 23.7 Å². The van der Waals surface area contributed by atoms with Crippen molar-refractivity contribution in [2.24, 2.45) is 0 Å². The van der Waals surface area contributed by atoms with E-state index in [1.807, 2.05) is 29.6 Å². The molecule has 0 radical (unpaired) electrons. The van der Waals surface area contributed by atoms with Gasteiger partial charge in [0.15, 0.2) is 0 Å². The third-order valence-corrected chi connectivity index (χ3v) is 6.19. The summed E-state index contributed by atoms with van der Waals surface area (Å²) in [6.45, 7) is 0.582. The van der Waals surface area contributed by atoms with Crippen LogP contribution in [-0.4, -0.2) is 18.9 Å². The first-order valence-corrected chi connectivity index (χ1v) is 12.3. The Labute approximate surface area is 218 Å². The number of ether oxygens (including phenoxy) is 2. The lowest BCUT2D eigenvalue weighted by molar-refractivity contribution is -0.117. The van der Waals surface area contributed by atoms with E-state index < -0.39 is 11.8 Å². The lowest BCUT2D eigenvalue weighted by Gasteiger charge is -2.12. The Morgan fingerprint density at radius 3 is 2.22 bits per heavy atom. The summed E-state index contributed by atoms with van der Waals surface area (Å²) in [5, 5.41) is 7.47. The first-order valence-electron chi connectivity index (χ1n) is 11.4. The molecule has 0 saturated heterocycles. The zero-order chi connectivity index (χ0) is 26.0. The molecular weight excluding hydrogens is 491 g/mol. The number of hydrogen-bond donors (Lipinski definition) is 2. The second-order valence-corrected chi connectivity index (χ2v) is 8.98. The zero-order valence-electron chi connectivity index (χ0n) is 20.1. The van der Waals surface area contributed by atoms with Gasteiger partial charge in [-0.15, -0.1) is 11.3 Å². The van der Waals surface area contributed by atoms with Crippen LogP contribution < -0.4 is 20.1 Å². The molecule has 2 amide bonds. The molecule has 0 atom stereocenters. The van der Waals surface area contributed by atoms with Crippen LogP contribution in [0.2, 0.25) is 0 Å². The largest absolute Gasteiger partial charge is 0.497 e. The molecule has 4 rings (SSSR count). The topological polar surface area (TPSA) is 76.7 Å². The van der Waals surface area contributed by atoms with Gasteiger partial charge in [0, 0.05) is 17.0 Å². The minimum atomic E-state index is -0.410. The highest BCUT2D eigenvalue weighted by atomic mass is 32.1. The minimum absolute atomic E-state index is 0.141. The average Bonchev–Trinajstić information content (AvgIpc) is 3.45. The molecule has 188 valence electrons. The van der Waals surface area contributed by atoms with E-state index in [9.17, 15) is 14.0 Å². The Hall–Kier alpha value is -4.43. The third-order valence-electron chi connectivity index (χ3n) is 5.37. The standard InChI is InChI=1S/C29H25FN2O4S/c1-35-24-14-8-22(9-15-24)28(33)32-27(17-26-3-2-16-37-26)29(34)31-18-20-6-12-25(13-7-20)36-19-21-4-10-23(30)11-5-21/h2-17H,18-19H2,1H3,(H,31,34)(H,32,33)/b27-17-. The first kappa shape index (κ1) is 25.7. The van der Waals surface area contributed by atoms with Crippen molar-refractivity contribution >= 4 is 29.2 Å². The second-order valence-electron chi connectivity index (χ2n) is 8.00. The van der Waals surface area contributed by atoms with E-state index in [1.54, 1.807) is 61.7 Å². The average molecular weight is 517 g/mol. The number of benzene rings is 3. The SMILES string of the molecule is COc1ccc(C(=O)N/C(=C\c2cccs2)C(=O)NCc2ccc(OCc3ccc(F)cc3)cc2)cc1. The number of carbonyl (C=O) groups excluding carboxylic acids is 2. The van der Waals surface area contributed by atoms with Gasteiger partial charge in [-0.3, -0.25) is 9.59 Å². The van der Waals surface area contributed by atoms with Crippen LogP contribution in [0.3, 0.4) is 0 Å². The summed E-state index contributed by atoms with van der Waals surface area (Å²) in [5.74, 6) is 0.193. The van der Waals surface area contributed by atoms with E-state index in [1.165, 1.54) is 23.5 Å². The Morgan fingerprint density at radius 1 is 0.892 bits per heavy atom. The Kier molecular flexibility index (Phi) is 8.67. The lowest BCUT2D eigenvalue weighted by Crippen LogP contribution is -2.34. The van der Waals surface area contributed by atoms with Crippen LogP contribution in [0, 0.1) is 5.82 Å². The molecule has 1 aromatic heterocycles. The second kappa shape index (κ2) is 12.5.